The van der Waals surface area contributed by atoms with Gasteiger partial charge in [0.2, 0.25) is 0 Å². The van der Waals surface area contributed by atoms with Crippen LogP contribution in [0, 0.1) is 22.7 Å². The smallest absolute Gasteiger partial charge is 0.110 e. The molecule has 1 aliphatic rings. The largest absolute Gasteiger partial charge is 0.395 e. The van der Waals surface area contributed by atoms with Crippen LogP contribution in [-0.2, 0) is 0 Å². The molecule has 1 aliphatic heterocycles. The molecule has 0 aromatic carbocycles. The number of thioether (sulfide) groups is 2. The summed E-state index contributed by atoms with van der Waals surface area (Å²) in [5.41, 5.74) is 0. The highest BCUT2D eigenvalue weighted by atomic mass is 32.2. The monoisotopic (exact) mass is 228 g/mol. The molecular formula is C8H8N2O2S2. The first-order chi connectivity index (χ1) is 6.76. The molecule has 1 rings (SSSR count). The Kier molecular flexibility index (Phi) is 4.30. The lowest BCUT2D eigenvalue weighted by Crippen LogP contribution is -2.29. The summed E-state index contributed by atoms with van der Waals surface area (Å²) in [7, 11) is 0. The third-order valence-electron chi connectivity index (χ3n) is 1.72. The van der Waals surface area contributed by atoms with Crippen molar-refractivity contribution in [1.82, 2.24) is 0 Å². The van der Waals surface area contributed by atoms with E-state index >= 15 is 0 Å². The van der Waals surface area contributed by atoms with Crippen molar-refractivity contribution >= 4 is 23.5 Å². The van der Waals surface area contributed by atoms with E-state index in [9.17, 15) is 0 Å². The molecule has 2 atom stereocenters. The molecule has 0 spiro atoms. The van der Waals surface area contributed by atoms with Crippen molar-refractivity contribution in [1.29, 1.82) is 10.5 Å². The topological polar surface area (TPSA) is 88.0 Å². The number of aliphatic hydroxyl groups is 2. The van der Waals surface area contributed by atoms with Gasteiger partial charge in [0.05, 0.1) is 13.2 Å². The molecule has 0 saturated heterocycles. The van der Waals surface area contributed by atoms with Crippen molar-refractivity contribution in [2.24, 2.45) is 0 Å². The Balaban J connectivity index is 2.92. The minimum atomic E-state index is -0.211. The molecule has 0 bridgehead atoms. The Bertz CT molecular complexity index is 297. The van der Waals surface area contributed by atoms with Crippen LogP contribution in [0.2, 0.25) is 0 Å². The van der Waals surface area contributed by atoms with E-state index in [2.05, 4.69) is 0 Å². The maximum Gasteiger partial charge on any atom is 0.110 e. The second-order valence-corrected chi connectivity index (χ2v) is 5.06. The molecule has 0 amide bonds. The number of hydrogen-bond donors (Lipinski definition) is 2. The average Bonchev–Trinajstić information content (AvgIpc) is 2.26. The van der Waals surface area contributed by atoms with E-state index in [-0.39, 0.29) is 23.7 Å². The molecule has 74 valence electrons. The third-order valence-corrected chi connectivity index (χ3v) is 4.65. The molecule has 0 aliphatic carbocycles. The summed E-state index contributed by atoms with van der Waals surface area (Å²) in [6.07, 6.45) is 0. The lowest BCUT2D eigenvalue weighted by atomic mass is 10.3. The highest BCUT2D eigenvalue weighted by molar-refractivity contribution is 8.11. The summed E-state index contributed by atoms with van der Waals surface area (Å²) >= 11 is 2.32. The molecule has 0 saturated carbocycles. The predicted octanol–water partition coefficient (Wildman–Crippen LogP) is 0.447. The standard InChI is InChI=1S/C8H8N2O2S2/c9-1-5-6(2-10)14-8(4-12)7(3-11)13-5/h7-8,11-12H,3-4H2/t7-,8-/m1/s1. The molecular weight excluding hydrogens is 220 g/mol. The number of hydrogen-bond acceptors (Lipinski definition) is 6. The minimum absolute atomic E-state index is 0.104. The summed E-state index contributed by atoms with van der Waals surface area (Å²) in [5, 5.41) is 35.0. The Morgan fingerprint density at radius 1 is 1.00 bits per heavy atom. The van der Waals surface area contributed by atoms with E-state index in [0.717, 1.165) is 23.5 Å². The van der Waals surface area contributed by atoms with E-state index in [0.29, 0.717) is 9.81 Å². The van der Waals surface area contributed by atoms with Crippen molar-refractivity contribution in [2.45, 2.75) is 10.5 Å². The van der Waals surface area contributed by atoms with Gasteiger partial charge in [-0.3, -0.25) is 0 Å². The number of rotatable bonds is 2. The van der Waals surface area contributed by atoms with E-state index in [1.807, 2.05) is 12.1 Å². The quantitative estimate of drug-likeness (QED) is 0.713. The van der Waals surface area contributed by atoms with Gasteiger partial charge < -0.3 is 10.2 Å². The third kappa shape index (κ3) is 2.23. The van der Waals surface area contributed by atoms with Gasteiger partial charge in [0.15, 0.2) is 0 Å². The van der Waals surface area contributed by atoms with Gasteiger partial charge in [-0.25, -0.2) is 0 Å². The van der Waals surface area contributed by atoms with Crippen LogP contribution in [0.5, 0.6) is 0 Å². The van der Waals surface area contributed by atoms with Crippen LogP contribution in [0.3, 0.4) is 0 Å². The fourth-order valence-corrected chi connectivity index (χ4v) is 3.29. The first kappa shape index (κ1) is 11.4. The summed E-state index contributed by atoms with van der Waals surface area (Å²) in [5.74, 6) is 0. The molecule has 0 fully saturated rings. The lowest BCUT2D eigenvalue weighted by Gasteiger charge is -2.26. The second-order valence-electron chi connectivity index (χ2n) is 2.56. The predicted molar refractivity (Wildman–Crippen MR) is 55.2 cm³/mol. The summed E-state index contributed by atoms with van der Waals surface area (Å²) in [6.45, 7) is -0.209. The Morgan fingerprint density at radius 2 is 1.36 bits per heavy atom. The SMILES string of the molecule is N#CC1=C(C#N)S[C@H](CO)[C@@H](CO)S1. The Labute approximate surface area is 90.2 Å². The zero-order chi connectivity index (χ0) is 10.6. The van der Waals surface area contributed by atoms with Crippen LogP contribution in [0.4, 0.5) is 0 Å². The lowest BCUT2D eigenvalue weighted by molar-refractivity contribution is 0.253. The van der Waals surface area contributed by atoms with Crippen LogP contribution in [0.15, 0.2) is 9.81 Å². The van der Waals surface area contributed by atoms with Crippen LogP contribution < -0.4 is 0 Å². The summed E-state index contributed by atoms with van der Waals surface area (Å²) in [4.78, 5) is 0.669. The number of aliphatic hydroxyl groups excluding tert-OH is 2. The highest BCUT2D eigenvalue weighted by Crippen LogP contribution is 2.42. The normalized spacial score (nSPS) is 26.9. The summed E-state index contributed by atoms with van der Waals surface area (Å²) < 4.78 is 0. The molecule has 1 heterocycles. The van der Waals surface area contributed by atoms with Gasteiger partial charge in [0, 0.05) is 10.5 Å². The van der Waals surface area contributed by atoms with E-state index < -0.39 is 0 Å². The van der Waals surface area contributed by atoms with Crippen LogP contribution in [0.1, 0.15) is 0 Å². The van der Waals surface area contributed by atoms with Crippen LogP contribution in [0.25, 0.3) is 0 Å². The molecule has 14 heavy (non-hydrogen) atoms. The highest BCUT2D eigenvalue weighted by Gasteiger charge is 2.30. The fourth-order valence-electron chi connectivity index (χ4n) is 1.03. The summed E-state index contributed by atoms with van der Waals surface area (Å²) in [6, 6.07) is 3.84. The molecule has 0 radical (unpaired) electrons. The van der Waals surface area contributed by atoms with Gasteiger partial charge in [0.25, 0.3) is 0 Å². The molecule has 6 heteroatoms. The van der Waals surface area contributed by atoms with Crippen molar-refractivity contribution in [3.63, 3.8) is 0 Å². The molecule has 0 aromatic heterocycles. The van der Waals surface area contributed by atoms with Crippen molar-refractivity contribution in [2.75, 3.05) is 13.2 Å². The maximum atomic E-state index is 9.00. The molecule has 0 aromatic rings. The Hall–Kier alpha value is -0.660. The van der Waals surface area contributed by atoms with E-state index in [1.165, 1.54) is 0 Å². The molecule has 4 nitrogen and oxygen atoms in total. The van der Waals surface area contributed by atoms with Gasteiger partial charge in [-0.1, -0.05) is 0 Å². The number of nitriles is 2. The van der Waals surface area contributed by atoms with E-state index in [1.54, 1.807) is 0 Å². The number of nitrogens with zero attached hydrogens (tertiary/aromatic N) is 2. The van der Waals surface area contributed by atoms with E-state index in [4.69, 9.17) is 20.7 Å². The second kappa shape index (κ2) is 5.28. The van der Waals surface area contributed by atoms with Crippen molar-refractivity contribution in [3.05, 3.63) is 9.81 Å². The van der Waals surface area contributed by atoms with Crippen LogP contribution >= 0.6 is 23.5 Å². The van der Waals surface area contributed by atoms with Crippen molar-refractivity contribution in [3.8, 4) is 12.1 Å². The minimum Gasteiger partial charge on any atom is -0.395 e. The first-order valence-corrected chi connectivity index (χ1v) is 5.62. The van der Waals surface area contributed by atoms with Gasteiger partial charge in [-0.15, -0.1) is 23.5 Å². The fraction of sp³-hybridized carbons (Fsp3) is 0.500. The Morgan fingerprint density at radius 3 is 1.57 bits per heavy atom. The zero-order valence-corrected chi connectivity index (χ0v) is 8.81. The van der Waals surface area contributed by atoms with Crippen LogP contribution in [-0.4, -0.2) is 33.9 Å². The first-order valence-electron chi connectivity index (χ1n) is 3.86. The van der Waals surface area contributed by atoms with Gasteiger partial charge in [-0.2, -0.15) is 10.5 Å². The zero-order valence-electron chi connectivity index (χ0n) is 7.17. The maximum absolute atomic E-state index is 9.00. The average molecular weight is 228 g/mol. The molecule has 2 N–H and O–H groups in total. The molecule has 0 unspecified atom stereocenters. The van der Waals surface area contributed by atoms with Gasteiger partial charge in [-0.05, 0) is 0 Å². The van der Waals surface area contributed by atoms with Gasteiger partial charge >= 0.3 is 0 Å². The van der Waals surface area contributed by atoms with Gasteiger partial charge in [0.1, 0.15) is 21.9 Å². The number of allylic oxidation sites excluding steroid dienone is 2. The van der Waals surface area contributed by atoms with Crippen molar-refractivity contribution < 1.29 is 10.2 Å².